The average Bonchev–Trinajstić information content (AvgIpc) is 3.29. The maximum absolute atomic E-state index is 12.3. The Morgan fingerprint density at radius 2 is 2.00 bits per heavy atom. The van der Waals surface area contributed by atoms with Crippen molar-refractivity contribution in [3.8, 4) is 5.75 Å². The van der Waals surface area contributed by atoms with Gasteiger partial charge in [-0.2, -0.15) is 0 Å². The third-order valence-corrected chi connectivity index (χ3v) is 6.88. The molecule has 1 amide bonds. The summed E-state index contributed by atoms with van der Waals surface area (Å²) >= 11 is 0. The summed E-state index contributed by atoms with van der Waals surface area (Å²) in [6.07, 6.45) is 4.33. The minimum absolute atomic E-state index is 0.0556. The van der Waals surface area contributed by atoms with Gasteiger partial charge in [0.05, 0.1) is 31.8 Å². The molecule has 2 heterocycles. The van der Waals surface area contributed by atoms with Gasteiger partial charge in [0.1, 0.15) is 18.0 Å². The largest absolute Gasteiger partial charge is 0.497 e. The Bertz CT molecular complexity index is 727. The van der Waals surface area contributed by atoms with E-state index in [1.54, 1.807) is 7.11 Å². The van der Waals surface area contributed by atoms with E-state index in [1.807, 2.05) is 24.3 Å². The first-order valence-electron chi connectivity index (χ1n) is 11.6. The van der Waals surface area contributed by atoms with E-state index in [0.717, 1.165) is 17.2 Å². The Kier molecular flexibility index (Phi) is 7.48. The molecule has 7 atom stereocenters. The highest BCUT2D eigenvalue weighted by Crippen LogP contribution is 2.35. The molecule has 3 aliphatic rings. The number of fused-ring (bicyclic) bond motifs is 1. The van der Waals surface area contributed by atoms with Gasteiger partial charge in [0.25, 0.3) is 0 Å². The summed E-state index contributed by atoms with van der Waals surface area (Å²) in [4.78, 5) is 12.3. The van der Waals surface area contributed by atoms with E-state index in [4.69, 9.17) is 14.2 Å². The Labute approximate surface area is 184 Å². The van der Waals surface area contributed by atoms with Gasteiger partial charge in [-0.1, -0.05) is 31.9 Å². The Morgan fingerprint density at radius 3 is 2.71 bits per heavy atom. The van der Waals surface area contributed by atoms with Gasteiger partial charge in [-0.3, -0.25) is 4.79 Å². The lowest BCUT2D eigenvalue weighted by Crippen LogP contribution is -2.43. The van der Waals surface area contributed by atoms with Crippen LogP contribution in [-0.4, -0.2) is 61.2 Å². The molecule has 0 radical (unpaired) electrons. The maximum atomic E-state index is 12.3. The quantitative estimate of drug-likeness (QED) is 0.583. The van der Waals surface area contributed by atoms with E-state index >= 15 is 0 Å². The summed E-state index contributed by atoms with van der Waals surface area (Å²) in [5.74, 6) is 1.50. The predicted octanol–water partition coefficient (Wildman–Crippen LogP) is 2.16. The third-order valence-electron chi connectivity index (χ3n) is 6.88. The zero-order chi connectivity index (χ0) is 21.8. The van der Waals surface area contributed by atoms with Gasteiger partial charge >= 0.3 is 0 Å². The van der Waals surface area contributed by atoms with Crippen LogP contribution in [0.1, 0.15) is 51.0 Å². The standard InChI is InChI=1S/C24H36N2O5/c1-15-4-3-5-17(10-15)25-14-21-23(28)24-20(31-21)11-19(30-24)12-22(27)26-13-16-6-8-18(29-2)9-7-16/h6-9,15,17,19-21,23-25,28H,3-5,10-14H2,1-2H3,(H,26,27)/t15-,17+,19+,20-,21-,23-,24+/m1/s1. The van der Waals surface area contributed by atoms with Gasteiger partial charge in [-0.15, -0.1) is 0 Å². The topological polar surface area (TPSA) is 89.1 Å². The van der Waals surface area contributed by atoms with Crippen LogP contribution in [0, 0.1) is 5.92 Å². The number of rotatable bonds is 8. The fraction of sp³-hybridized carbons (Fsp3) is 0.708. The van der Waals surface area contributed by atoms with Crippen LogP contribution in [-0.2, 0) is 20.8 Å². The maximum Gasteiger partial charge on any atom is 0.222 e. The van der Waals surface area contributed by atoms with E-state index in [9.17, 15) is 9.90 Å². The van der Waals surface area contributed by atoms with Crippen LogP contribution in [0.3, 0.4) is 0 Å². The van der Waals surface area contributed by atoms with Crippen LogP contribution in [0.2, 0.25) is 0 Å². The van der Waals surface area contributed by atoms with Crippen molar-refractivity contribution in [3.05, 3.63) is 29.8 Å². The van der Waals surface area contributed by atoms with Crippen LogP contribution < -0.4 is 15.4 Å². The van der Waals surface area contributed by atoms with Crippen molar-refractivity contribution in [3.63, 3.8) is 0 Å². The van der Waals surface area contributed by atoms with Gasteiger partial charge < -0.3 is 30.0 Å². The lowest BCUT2D eigenvalue weighted by atomic mass is 9.87. The summed E-state index contributed by atoms with van der Waals surface area (Å²) in [5, 5.41) is 17.2. The fourth-order valence-electron chi connectivity index (χ4n) is 5.13. The number of hydrogen-bond acceptors (Lipinski definition) is 6. The van der Waals surface area contributed by atoms with Crippen LogP contribution >= 0.6 is 0 Å². The van der Waals surface area contributed by atoms with Gasteiger partial charge in [-0.25, -0.2) is 0 Å². The van der Waals surface area contributed by atoms with E-state index in [1.165, 1.54) is 25.7 Å². The molecule has 0 bridgehead atoms. The molecular formula is C24H36N2O5. The van der Waals surface area contributed by atoms with Crippen LogP contribution in [0.25, 0.3) is 0 Å². The smallest absolute Gasteiger partial charge is 0.222 e. The number of nitrogens with one attached hydrogen (secondary N) is 2. The molecule has 7 heteroatoms. The molecule has 2 aliphatic heterocycles. The minimum Gasteiger partial charge on any atom is -0.497 e. The third kappa shape index (κ3) is 5.77. The Morgan fingerprint density at radius 1 is 1.19 bits per heavy atom. The van der Waals surface area contributed by atoms with E-state index in [-0.39, 0.29) is 36.7 Å². The van der Waals surface area contributed by atoms with Crippen molar-refractivity contribution in [2.75, 3.05) is 13.7 Å². The number of aliphatic hydroxyl groups excluding tert-OH is 1. The molecule has 172 valence electrons. The number of carbonyl (C=O) groups excluding carboxylic acids is 1. The van der Waals surface area contributed by atoms with Crippen LogP contribution in [0.15, 0.2) is 24.3 Å². The summed E-state index contributed by atoms with van der Waals surface area (Å²) < 4.78 is 17.3. The van der Waals surface area contributed by atoms with Gasteiger partial charge in [0, 0.05) is 25.6 Å². The molecule has 4 rings (SSSR count). The average molecular weight is 433 g/mol. The number of methoxy groups -OCH3 is 1. The first-order chi connectivity index (χ1) is 15.0. The Hall–Kier alpha value is -1.67. The molecule has 2 saturated heterocycles. The number of aliphatic hydroxyl groups is 1. The molecule has 0 aromatic heterocycles. The second-order valence-corrected chi connectivity index (χ2v) is 9.37. The summed E-state index contributed by atoms with van der Waals surface area (Å²) in [5.41, 5.74) is 1.01. The second-order valence-electron chi connectivity index (χ2n) is 9.37. The first kappa shape index (κ1) is 22.5. The fourth-order valence-corrected chi connectivity index (χ4v) is 5.13. The lowest BCUT2D eigenvalue weighted by molar-refractivity contribution is -0.124. The van der Waals surface area contributed by atoms with Gasteiger partial charge in [0.15, 0.2) is 0 Å². The molecule has 1 aliphatic carbocycles. The zero-order valence-electron chi connectivity index (χ0n) is 18.6. The SMILES string of the molecule is COc1ccc(CNC(=O)C[C@@H]2C[C@H]3O[C@H](CN[C@H]4CCC[C@@H](C)C4)[C@@H](O)[C@H]3O2)cc1. The van der Waals surface area contributed by atoms with Crippen LogP contribution in [0.4, 0.5) is 0 Å². The van der Waals surface area contributed by atoms with Crippen molar-refractivity contribution >= 4 is 5.91 Å². The Balaban J connectivity index is 1.17. The number of hydrogen-bond donors (Lipinski definition) is 3. The summed E-state index contributed by atoms with van der Waals surface area (Å²) in [6, 6.07) is 8.13. The van der Waals surface area contributed by atoms with Crippen molar-refractivity contribution in [2.45, 2.75) is 88.6 Å². The van der Waals surface area contributed by atoms with Crippen LogP contribution in [0.5, 0.6) is 5.75 Å². The monoisotopic (exact) mass is 432 g/mol. The molecule has 1 aromatic rings. The lowest BCUT2D eigenvalue weighted by Gasteiger charge is -2.29. The van der Waals surface area contributed by atoms with Gasteiger partial charge in [-0.05, 0) is 36.5 Å². The molecule has 3 N–H and O–H groups in total. The molecule has 7 nitrogen and oxygen atoms in total. The van der Waals surface area contributed by atoms with Crippen molar-refractivity contribution in [1.82, 2.24) is 10.6 Å². The zero-order valence-corrected chi connectivity index (χ0v) is 18.6. The number of amides is 1. The summed E-state index contributed by atoms with van der Waals surface area (Å²) in [6.45, 7) is 3.43. The number of carbonyl (C=O) groups is 1. The minimum atomic E-state index is -0.647. The van der Waals surface area contributed by atoms with Crippen molar-refractivity contribution in [2.24, 2.45) is 5.92 Å². The molecule has 31 heavy (non-hydrogen) atoms. The van der Waals surface area contributed by atoms with E-state index in [0.29, 0.717) is 25.6 Å². The highest BCUT2D eigenvalue weighted by Gasteiger charge is 2.50. The molecular weight excluding hydrogens is 396 g/mol. The highest BCUT2D eigenvalue weighted by molar-refractivity contribution is 5.76. The van der Waals surface area contributed by atoms with Crippen molar-refractivity contribution < 1.29 is 24.1 Å². The normalized spacial score (nSPS) is 35.0. The second kappa shape index (κ2) is 10.3. The molecule has 1 saturated carbocycles. The van der Waals surface area contributed by atoms with E-state index in [2.05, 4.69) is 17.6 Å². The highest BCUT2D eigenvalue weighted by atomic mass is 16.6. The van der Waals surface area contributed by atoms with E-state index < -0.39 is 6.10 Å². The number of benzene rings is 1. The van der Waals surface area contributed by atoms with Gasteiger partial charge in [0.2, 0.25) is 5.91 Å². The molecule has 0 spiro atoms. The first-order valence-corrected chi connectivity index (χ1v) is 11.6. The predicted molar refractivity (Wildman–Crippen MR) is 117 cm³/mol. The number of ether oxygens (including phenoxy) is 3. The summed E-state index contributed by atoms with van der Waals surface area (Å²) in [7, 11) is 1.63. The molecule has 1 aromatic carbocycles. The molecule has 3 fully saturated rings. The van der Waals surface area contributed by atoms with Crippen molar-refractivity contribution in [1.29, 1.82) is 0 Å². The molecule has 0 unspecified atom stereocenters.